The molecule has 126 valence electrons. The van der Waals surface area contributed by atoms with E-state index in [0.29, 0.717) is 22.6 Å². The molecule has 1 saturated heterocycles. The first-order valence-electron chi connectivity index (χ1n) is 7.49. The van der Waals surface area contributed by atoms with E-state index in [1.807, 2.05) is 0 Å². The average molecular weight is 353 g/mol. The molecule has 5 nitrogen and oxygen atoms in total. The Labute approximate surface area is 139 Å². The maximum atomic E-state index is 12.8. The Bertz CT molecular complexity index is 863. The van der Waals surface area contributed by atoms with Gasteiger partial charge in [-0.15, -0.1) is 11.3 Å². The van der Waals surface area contributed by atoms with E-state index < -0.39 is 11.7 Å². The number of alkyl halides is 3. The van der Waals surface area contributed by atoms with Crippen molar-refractivity contribution in [1.82, 2.24) is 20.3 Å². The number of hydrogen-bond donors (Lipinski definition) is 2. The standard InChI is InChI=1S/C15H14F3N5S/c16-15(17,18)9-1-2-10-11(7-9)22-13(21-10)12-14(24-8-20-12)23-5-3-19-4-6-23/h1-2,7-8,19H,3-6H2,(H,21,22). The monoisotopic (exact) mass is 353 g/mol. The molecule has 3 heterocycles. The first-order chi connectivity index (χ1) is 11.5. The Kier molecular flexibility index (Phi) is 3.69. The SMILES string of the molecule is FC(F)(F)c1ccc2nc(-c3ncsc3N3CCNCC3)[nH]c2c1. The van der Waals surface area contributed by atoms with Gasteiger partial charge in [-0.3, -0.25) is 0 Å². The van der Waals surface area contributed by atoms with Crippen LogP contribution >= 0.6 is 11.3 Å². The van der Waals surface area contributed by atoms with Crippen LogP contribution in [0.4, 0.5) is 18.2 Å². The predicted molar refractivity (Wildman–Crippen MR) is 87.3 cm³/mol. The predicted octanol–water partition coefficient (Wildman–Crippen LogP) is 3.11. The molecular formula is C15H14F3N5S. The number of imidazole rings is 1. The lowest BCUT2D eigenvalue weighted by Crippen LogP contribution is -2.43. The van der Waals surface area contributed by atoms with Crippen LogP contribution in [0.2, 0.25) is 0 Å². The molecule has 0 spiro atoms. The second-order valence-corrected chi connectivity index (χ2v) is 6.39. The van der Waals surface area contributed by atoms with Gasteiger partial charge in [0.15, 0.2) is 5.82 Å². The van der Waals surface area contributed by atoms with Crippen LogP contribution in [0.25, 0.3) is 22.6 Å². The number of rotatable bonds is 2. The second-order valence-electron chi connectivity index (χ2n) is 5.56. The summed E-state index contributed by atoms with van der Waals surface area (Å²) in [5.74, 6) is 0.499. The van der Waals surface area contributed by atoms with Gasteiger partial charge in [0.25, 0.3) is 0 Å². The van der Waals surface area contributed by atoms with E-state index >= 15 is 0 Å². The molecule has 1 aliphatic rings. The smallest absolute Gasteiger partial charge is 0.359 e. The van der Waals surface area contributed by atoms with Crippen LogP contribution in [0.5, 0.6) is 0 Å². The Morgan fingerprint density at radius 3 is 2.71 bits per heavy atom. The molecule has 0 unspecified atom stereocenters. The summed E-state index contributed by atoms with van der Waals surface area (Å²) in [6.07, 6.45) is -4.37. The molecule has 1 aromatic carbocycles. The van der Waals surface area contributed by atoms with Crippen molar-refractivity contribution >= 4 is 27.4 Å². The normalized spacial score (nSPS) is 16.0. The molecular weight excluding hydrogens is 339 g/mol. The largest absolute Gasteiger partial charge is 0.416 e. The van der Waals surface area contributed by atoms with Gasteiger partial charge >= 0.3 is 6.18 Å². The van der Waals surface area contributed by atoms with Crippen LogP contribution in [0, 0.1) is 0 Å². The van der Waals surface area contributed by atoms with Crippen molar-refractivity contribution in [3.05, 3.63) is 29.3 Å². The zero-order valence-electron chi connectivity index (χ0n) is 12.5. The quantitative estimate of drug-likeness (QED) is 0.743. The van der Waals surface area contributed by atoms with E-state index in [2.05, 4.69) is 25.2 Å². The molecule has 0 aliphatic carbocycles. The Morgan fingerprint density at radius 2 is 1.96 bits per heavy atom. The number of piperazine rings is 1. The summed E-state index contributed by atoms with van der Waals surface area (Å²) >= 11 is 1.52. The highest BCUT2D eigenvalue weighted by atomic mass is 32.1. The van der Waals surface area contributed by atoms with Crippen molar-refractivity contribution in [2.45, 2.75) is 6.18 Å². The summed E-state index contributed by atoms with van der Waals surface area (Å²) in [6, 6.07) is 3.52. The lowest BCUT2D eigenvalue weighted by molar-refractivity contribution is -0.137. The molecule has 2 aromatic heterocycles. The number of aromatic nitrogens is 3. The number of aromatic amines is 1. The number of H-pyrrole nitrogens is 1. The maximum absolute atomic E-state index is 12.8. The first kappa shape index (κ1) is 15.4. The summed E-state index contributed by atoms with van der Waals surface area (Å²) in [4.78, 5) is 14.0. The molecule has 4 rings (SSSR count). The number of anilines is 1. The fourth-order valence-corrected chi connectivity index (χ4v) is 3.64. The zero-order chi connectivity index (χ0) is 16.7. The molecule has 24 heavy (non-hydrogen) atoms. The molecule has 0 radical (unpaired) electrons. The number of nitrogens with zero attached hydrogens (tertiary/aromatic N) is 3. The van der Waals surface area contributed by atoms with Crippen LogP contribution in [0.15, 0.2) is 23.7 Å². The van der Waals surface area contributed by atoms with E-state index in [1.54, 1.807) is 5.51 Å². The van der Waals surface area contributed by atoms with Crippen molar-refractivity contribution < 1.29 is 13.2 Å². The highest BCUT2D eigenvalue weighted by Gasteiger charge is 2.31. The van der Waals surface area contributed by atoms with Crippen molar-refractivity contribution in [3.8, 4) is 11.5 Å². The zero-order valence-corrected chi connectivity index (χ0v) is 13.3. The van der Waals surface area contributed by atoms with Crippen LogP contribution in [-0.2, 0) is 6.18 Å². The highest BCUT2D eigenvalue weighted by molar-refractivity contribution is 7.14. The van der Waals surface area contributed by atoms with E-state index in [-0.39, 0.29) is 0 Å². The van der Waals surface area contributed by atoms with Gasteiger partial charge in [-0.25, -0.2) is 9.97 Å². The topological polar surface area (TPSA) is 56.8 Å². The van der Waals surface area contributed by atoms with Gasteiger partial charge in [-0.1, -0.05) is 0 Å². The van der Waals surface area contributed by atoms with E-state index in [9.17, 15) is 13.2 Å². The minimum Gasteiger partial charge on any atom is -0.359 e. The third-order valence-electron chi connectivity index (χ3n) is 3.99. The summed E-state index contributed by atoms with van der Waals surface area (Å²) in [7, 11) is 0. The van der Waals surface area contributed by atoms with Gasteiger partial charge in [0.05, 0.1) is 22.1 Å². The molecule has 0 saturated carbocycles. The van der Waals surface area contributed by atoms with E-state index in [4.69, 9.17) is 0 Å². The van der Waals surface area contributed by atoms with Gasteiger partial charge < -0.3 is 15.2 Å². The van der Waals surface area contributed by atoms with Crippen molar-refractivity contribution in [3.63, 3.8) is 0 Å². The number of hydrogen-bond acceptors (Lipinski definition) is 5. The number of nitrogens with one attached hydrogen (secondary N) is 2. The molecule has 1 aliphatic heterocycles. The Hall–Kier alpha value is -2.13. The van der Waals surface area contributed by atoms with Crippen LogP contribution < -0.4 is 10.2 Å². The first-order valence-corrected chi connectivity index (χ1v) is 8.37. The molecule has 3 aromatic rings. The number of benzene rings is 1. The molecule has 1 fully saturated rings. The van der Waals surface area contributed by atoms with Crippen molar-refractivity contribution in [2.75, 3.05) is 31.1 Å². The van der Waals surface area contributed by atoms with Crippen LogP contribution in [-0.4, -0.2) is 41.1 Å². The number of thiazole rings is 1. The Morgan fingerprint density at radius 1 is 1.17 bits per heavy atom. The Balaban J connectivity index is 1.73. The van der Waals surface area contributed by atoms with E-state index in [0.717, 1.165) is 43.3 Å². The molecule has 0 atom stereocenters. The second kappa shape index (κ2) is 5.75. The minimum absolute atomic E-state index is 0.360. The van der Waals surface area contributed by atoms with Gasteiger partial charge in [-0.05, 0) is 18.2 Å². The van der Waals surface area contributed by atoms with Crippen LogP contribution in [0.3, 0.4) is 0 Å². The van der Waals surface area contributed by atoms with Crippen molar-refractivity contribution in [2.24, 2.45) is 0 Å². The molecule has 0 bridgehead atoms. The summed E-state index contributed by atoms with van der Waals surface area (Å²) in [5.41, 5.74) is 2.59. The fraction of sp³-hybridized carbons (Fsp3) is 0.333. The van der Waals surface area contributed by atoms with Gasteiger partial charge in [0.2, 0.25) is 0 Å². The molecule has 2 N–H and O–H groups in total. The minimum atomic E-state index is -4.37. The fourth-order valence-electron chi connectivity index (χ4n) is 2.79. The number of fused-ring (bicyclic) bond motifs is 1. The number of halogens is 3. The van der Waals surface area contributed by atoms with Gasteiger partial charge in [0, 0.05) is 26.2 Å². The highest BCUT2D eigenvalue weighted by Crippen LogP contribution is 2.35. The summed E-state index contributed by atoms with van der Waals surface area (Å²) in [6.45, 7) is 3.53. The van der Waals surface area contributed by atoms with Crippen molar-refractivity contribution in [1.29, 1.82) is 0 Å². The lowest BCUT2D eigenvalue weighted by Gasteiger charge is -2.28. The molecule has 0 amide bonds. The van der Waals surface area contributed by atoms with E-state index in [1.165, 1.54) is 17.4 Å². The average Bonchev–Trinajstić information content (AvgIpc) is 3.20. The van der Waals surface area contributed by atoms with Crippen LogP contribution in [0.1, 0.15) is 5.56 Å². The molecule has 9 heteroatoms. The van der Waals surface area contributed by atoms with Gasteiger partial charge in [-0.2, -0.15) is 13.2 Å². The third-order valence-corrected chi connectivity index (χ3v) is 4.87. The summed E-state index contributed by atoms with van der Waals surface area (Å²) in [5, 5.41) is 4.28. The summed E-state index contributed by atoms with van der Waals surface area (Å²) < 4.78 is 38.5. The third kappa shape index (κ3) is 2.73. The lowest BCUT2D eigenvalue weighted by atomic mass is 10.2. The maximum Gasteiger partial charge on any atom is 0.416 e. The van der Waals surface area contributed by atoms with Gasteiger partial charge in [0.1, 0.15) is 10.7 Å².